The number of ether oxygens (including phenoxy) is 1. The van der Waals surface area contributed by atoms with Crippen LogP contribution in [0, 0.1) is 5.92 Å². The van der Waals surface area contributed by atoms with Gasteiger partial charge in [-0.05, 0) is 42.8 Å². The molecular formula is C19H23N3O4S. The summed E-state index contributed by atoms with van der Waals surface area (Å²) >= 11 is 0. The summed E-state index contributed by atoms with van der Waals surface area (Å²) in [6.45, 7) is 1.32. The first-order valence-electron chi connectivity index (χ1n) is 8.73. The second-order valence-electron chi connectivity index (χ2n) is 6.41. The predicted octanol–water partition coefficient (Wildman–Crippen LogP) is 1.65. The summed E-state index contributed by atoms with van der Waals surface area (Å²) in [5.74, 6) is 1.13. The Morgan fingerprint density at radius 1 is 1.15 bits per heavy atom. The van der Waals surface area contributed by atoms with Crippen LogP contribution in [0.2, 0.25) is 0 Å². The summed E-state index contributed by atoms with van der Waals surface area (Å²) in [5.41, 5.74) is 1.86. The lowest BCUT2D eigenvalue weighted by Crippen LogP contribution is -2.40. The molecule has 0 saturated heterocycles. The van der Waals surface area contributed by atoms with Gasteiger partial charge in [0.05, 0.1) is 11.5 Å². The molecule has 3 rings (SSSR count). The number of sulfonamides is 1. The van der Waals surface area contributed by atoms with Crippen LogP contribution in [0.4, 0.5) is 4.79 Å². The number of nitrogens with one attached hydrogen (secondary N) is 3. The van der Waals surface area contributed by atoms with E-state index in [1.807, 2.05) is 24.3 Å². The predicted molar refractivity (Wildman–Crippen MR) is 102 cm³/mol. The molecule has 1 unspecified atom stereocenters. The van der Waals surface area contributed by atoms with Crippen LogP contribution in [0.15, 0.2) is 53.4 Å². The molecule has 0 saturated carbocycles. The van der Waals surface area contributed by atoms with E-state index >= 15 is 0 Å². The van der Waals surface area contributed by atoms with Crippen molar-refractivity contribution >= 4 is 16.1 Å². The summed E-state index contributed by atoms with van der Waals surface area (Å²) < 4.78 is 31.7. The molecule has 144 valence electrons. The Morgan fingerprint density at radius 3 is 2.78 bits per heavy atom. The lowest BCUT2D eigenvalue weighted by atomic mass is 9.97. The number of fused-ring (bicyclic) bond motifs is 1. The Bertz CT molecular complexity index is 915. The first-order chi connectivity index (χ1) is 13.0. The van der Waals surface area contributed by atoms with Gasteiger partial charge in [-0.25, -0.2) is 17.9 Å². The number of hydrogen-bond donors (Lipinski definition) is 3. The minimum atomic E-state index is -3.50. The second kappa shape index (κ2) is 8.41. The molecule has 2 amide bonds. The molecule has 27 heavy (non-hydrogen) atoms. The fourth-order valence-electron chi connectivity index (χ4n) is 2.94. The highest BCUT2D eigenvalue weighted by Gasteiger charge is 2.20. The summed E-state index contributed by atoms with van der Waals surface area (Å²) in [4.78, 5) is 12.2. The quantitative estimate of drug-likeness (QED) is 0.700. The monoisotopic (exact) mass is 389 g/mol. The van der Waals surface area contributed by atoms with E-state index in [1.165, 1.54) is 19.2 Å². The van der Waals surface area contributed by atoms with E-state index in [2.05, 4.69) is 15.4 Å². The van der Waals surface area contributed by atoms with Gasteiger partial charge in [0.1, 0.15) is 5.75 Å². The van der Waals surface area contributed by atoms with Crippen LogP contribution in [0.1, 0.15) is 11.1 Å². The van der Waals surface area contributed by atoms with Gasteiger partial charge in [-0.15, -0.1) is 0 Å². The molecule has 2 aromatic carbocycles. The number of hydrogen-bond acceptors (Lipinski definition) is 4. The Morgan fingerprint density at radius 2 is 1.96 bits per heavy atom. The van der Waals surface area contributed by atoms with E-state index in [1.54, 1.807) is 12.1 Å². The van der Waals surface area contributed by atoms with E-state index < -0.39 is 10.0 Å². The lowest BCUT2D eigenvalue weighted by molar-refractivity contribution is 0.211. The van der Waals surface area contributed by atoms with Crippen LogP contribution in [0.5, 0.6) is 5.75 Å². The summed E-state index contributed by atoms with van der Waals surface area (Å²) in [7, 11) is -2.14. The van der Waals surface area contributed by atoms with Gasteiger partial charge in [0.25, 0.3) is 0 Å². The van der Waals surface area contributed by atoms with Gasteiger partial charge < -0.3 is 15.4 Å². The Kier molecular flexibility index (Phi) is 5.98. The highest BCUT2D eigenvalue weighted by molar-refractivity contribution is 7.89. The van der Waals surface area contributed by atoms with Crippen molar-refractivity contribution in [1.29, 1.82) is 0 Å². The van der Waals surface area contributed by atoms with Crippen molar-refractivity contribution in [3.63, 3.8) is 0 Å². The van der Waals surface area contributed by atoms with Gasteiger partial charge in [0.15, 0.2) is 0 Å². The molecule has 1 atom stereocenters. The normalized spacial score (nSPS) is 16.1. The number of para-hydroxylation sites is 1. The van der Waals surface area contributed by atoms with Gasteiger partial charge in [0, 0.05) is 19.0 Å². The SMILES string of the molecule is CNS(=O)(=O)c1cccc(CNC(=O)NCC2COc3ccccc3C2)c1. The van der Waals surface area contributed by atoms with Crippen LogP contribution >= 0.6 is 0 Å². The summed E-state index contributed by atoms with van der Waals surface area (Å²) in [6, 6.07) is 14.1. The minimum Gasteiger partial charge on any atom is -0.493 e. The highest BCUT2D eigenvalue weighted by atomic mass is 32.2. The molecule has 7 nitrogen and oxygen atoms in total. The third-order valence-corrected chi connectivity index (χ3v) is 5.85. The van der Waals surface area contributed by atoms with Crippen LogP contribution in [-0.2, 0) is 23.0 Å². The van der Waals surface area contributed by atoms with Crippen molar-refractivity contribution < 1.29 is 17.9 Å². The average molecular weight is 389 g/mol. The Labute approximate surface area is 159 Å². The molecular weight excluding hydrogens is 366 g/mol. The molecule has 0 fully saturated rings. The smallest absolute Gasteiger partial charge is 0.315 e. The third-order valence-electron chi connectivity index (χ3n) is 4.44. The maximum Gasteiger partial charge on any atom is 0.315 e. The van der Waals surface area contributed by atoms with Crippen molar-refractivity contribution in [2.24, 2.45) is 5.92 Å². The number of carbonyl (C=O) groups is 1. The van der Waals surface area contributed by atoms with Crippen LogP contribution < -0.4 is 20.1 Å². The number of urea groups is 1. The molecule has 0 aromatic heterocycles. The topological polar surface area (TPSA) is 96.5 Å². The van der Waals surface area contributed by atoms with Crippen LogP contribution in [0.25, 0.3) is 0 Å². The highest BCUT2D eigenvalue weighted by Crippen LogP contribution is 2.26. The van der Waals surface area contributed by atoms with Crippen LogP contribution in [-0.4, -0.2) is 34.6 Å². The fraction of sp³-hybridized carbons (Fsp3) is 0.316. The summed E-state index contributed by atoms with van der Waals surface area (Å²) in [6.07, 6.45) is 0.861. The van der Waals surface area contributed by atoms with E-state index in [0.717, 1.165) is 17.7 Å². The largest absolute Gasteiger partial charge is 0.493 e. The van der Waals surface area contributed by atoms with E-state index in [9.17, 15) is 13.2 Å². The molecule has 0 spiro atoms. The van der Waals surface area contributed by atoms with Gasteiger partial charge in [-0.2, -0.15) is 0 Å². The van der Waals surface area contributed by atoms with Crippen molar-refractivity contribution in [2.45, 2.75) is 17.9 Å². The number of amides is 2. The fourth-order valence-corrected chi connectivity index (χ4v) is 3.74. The Hall–Kier alpha value is -2.58. The third kappa shape index (κ3) is 4.99. The van der Waals surface area contributed by atoms with Gasteiger partial charge >= 0.3 is 6.03 Å². The maximum absolute atomic E-state index is 12.0. The molecule has 3 N–H and O–H groups in total. The number of carbonyl (C=O) groups excluding carboxylic acids is 1. The van der Waals surface area contributed by atoms with Gasteiger partial charge in [-0.3, -0.25) is 0 Å². The number of rotatable bonds is 6. The first kappa shape index (κ1) is 19.2. The van der Waals surface area contributed by atoms with Gasteiger partial charge in [-0.1, -0.05) is 30.3 Å². The molecule has 1 aliphatic rings. The van der Waals surface area contributed by atoms with E-state index in [0.29, 0.717) is 18.7 Å². The molecule has 0 radical (unpaired) electrons. The molecule has 1 aliphatic heterocycles. The second-order valence-corrected chi connectivity index (χ2v) is 8.29. The van der Waals surface area contributed by atoms with E-state index in [-0.39, 0.29) is 23.4 Å². The summed E-state index contributed by atoms with van der Waals surface area (Å²) in [5, 5.41) is 5.60. The Balaban J connectivity index is 1.47. The van der Waals surface area contributed by atoms with Crippen LogP contribution in [0.3, 0.4) is 0 Å². The molecule has 0 aliphatic carbocycles. The zero-order valence-corrected chi connectivity index (χ0v) is 15.9. The molecule has 0 bridgehead atoms. The average Bonchev–Trinajstić information content (AvgIpc) is 2.70. The van der Waals surface area contributed by atoms with Crippen molar-refractivity contribution in [3.8, 4) is 5.75 Å². The van der Waals surface area contributed by atoms with E-state index in [4.69, 9.17) is 4.74 Å². The molecule has 2 aromatic rings. The molecule has 8 heteroatoms. The first-order valence-corrected chi connectivity index (χ1v) is 10.2. The van der Waals surface area contributed by atoms with Crippen molar-refractivity contribution in [3.05, 3.63) is 59.7 Å². The van der Waals surface area contributed by atoms with Gasteiger partial charge in [0.2, 0.25) is 10.0 Å². The minimum absolute atomic E-state index is 0.169. The standard InChI is InChI=1S/C19H23N3O4S/c1-20-27(24,25)17-7-4-5-14(10-17)11-21-19(23)22-12-15-9-16-6-2-3-8-18(16)26-13-15/h2-8,10,15,20H,9,11-13H2,1H3,(H2,21,22,23). The molecule has 1 heterocycles. The lowest BCUT2D eigenvalue weighted by Gasteiger charge is -2.25. The maximum atomic E-state index is 12.0. The van der Waals surface area contributed by atoms with Crippen molar-refractivity contribution in [1.82, 2.24) is 15.4 Å². The zero-order valence-electron chi connectivity index (χ0n) is 15.1. The zero-order chi connectivity index (χ0) is 19.3. The van der Waals surface area contributed by atoms with Crippen molar-refractivity contribution in [2.75, 3.05) is 20.2 Å². The number of benzene rings is 2.